The van der Waals surface area contributed by atoms with E-state index >= 15 is 0 Å². The third-order valence-corrected chi connectivity index (χ3v) is 6.59. The highest BCUT2D eigenvalue weighted by atomic mass is 32.2. The number of piperazine rings is 1. The number of rotatable bonds is 6. The molecule has 1 amide bonds. The van der Waals surface area contributed by atoms with Crippen molar-refractivity contribution in [2.24, 2.45) is 0 Å². The maximum Gasteiger partial charge on any atom is 0.279 e. The Morgan fingerprint density at radius 1 is 1.11 bits per heavy atom. The third-order valence-electron chi connectivity index (χ3n) is 5.03. The highest BCUT2D eigenvalue weighted by Gasteiger charge is 2.23. The molecular formula is C20H27N4O3S+. The minimum Gasteiger partial charge on any atom is -0.360 e. The number of quaternary nitrogens is 1. The zero-order valence-corrected chi connectivity index (χ0v) is 17.1. The Morgan fingerprint density at radius 3 is 2.43 bits per heavy atom. The average Bonchev–Trinajstić information content (AvgIpc) is 2.70. The van der Waals surface area contributed by atoms with E-state index < -0.39 is 10.0 Å². The van der Waals surface area contributed by atoms with E-state index in [-0.39, 0.29) is 10.8 Å². The van der Waals surface area contributed by atoms with Crippen LogP contribution in [0.25, 0.3) is 0 Å². The van der Waals surface area contributed by atoms with Gasteiger partial charge in [0, 0.05) is 11.4 Å². The number of amides is 1. The van der Waals surface area contributed by atoms with Crippen molar-refractivity contribution in [3.8, 4) is 0 Å². The molecule has 7 nitrogen and oxygen atoms in total. The molecule has 0 aromatic heterocycles. The summed E-state index contributed by atoms with van der Waals surface area (Å²) in [5.74, 6) is -0.111. The molecular weight excluding hydrogens is 376 g/mol. The summed E-state index contributed by atoms with van der Waals surface area (Å²) in [6, 6.07) is 15.2. The molecule has 0 bridgehead atoms. The molecule has 3 N–H and O–H groups in total. The SMILES string of the molecule is CNS(=O)(=O)c1cc(NC(=O)C[NH+]2CCN(c3ccccc3)CC2)ccc1C. The Kier molecular flexibility index (Phi) is 6.33. The van der Waals surface area contributed by atoms with E-state index in [2.05, 4.69) is 27.1 Å². The van der Waals surface area contributed by atoms with Crippen LogP contribution in [-0.4, -0.2) is 54.1 Å². The van der Waals surface area contributed by atoms with E-state index in [9.17, 15) is 13.2 Å². The van der Waals surface area contributed by atoms with Crippen molar-refractivity contribution in [3.05, 3.63) is 54.1 Å². The first-order valence-electron chi connectivity index (χ1n) is 9.36. The zero-order valence-electron chi connectivity index (χ0n) is 16.2. The van der Waals surface area contributed by atoms with Crippen molar-refractivity contribution >= 4 is 27.3 Å². The Bertz CT molecular complexity index is 924. The van der Waals surface area contributed by atoms with Gasteiger partial charge in [-0.15, -0.1) is 0 Å². The summed E-state index contributed by atoms with van der Waals surface area (Å²) in [6.45, 7) is 5.67. The Hall–Kier alpha value is -2.42. The number of anilines is 2. The summed E-state index contributed by atoms with van der Waals surface area (Å²) in [5.41, 5.74) is 2.34. The van der Waals surface area contributed by atoms with Gasteiger partial charge < -0.3 is 15.1 Å². The Labute approximate surface area is 166 Å². The van der Waals surface area contributed by atoms with Gasteiger partial charge in [-0.1, -0.05) is 24.3 Å². The molecule has 0 saturated carbocycles. The molecule has 1 heterocycles. The smallest absolute Gasteiger partial charge is 0.279 e. The van der Waals surface area contributed by atoms with Gasteiger partial charge in [-0.2, -0.15) is 0 Å². The lowest BCUT2D eigenvalue weighted by Gasteiger charge is -2.33. The summed E-state index contributed by atoms with van der Waals surface area (Å²) in [7, 11) is -2.19. The summed E-state index contributed by atoms with van der Waals surface area (Å²) < 4.78 is 26.5. The van der Waals surface area contributed by atoms with E-state index in [1.165, 1.54) is 23.7 Å². The molecule has 1 aliphatic rings. The second-order valence-corrected chi connectivity index (χ2v) is 8.84. The van der Waals surface area contributed by atoms with Crippen LogP contribution in [0.2, 0.25) is 0 Å². The van der Waals surface area contributed by atoms with E-state index in [1.807, 2.05) is 18.2 Å². The van der Waals surface area contributed by atoms with Gasteiger partial charge >= 0.3 is 0 Å². The minimum atomic E-state index is -3.56. The Morgan fingerprint density at radius 2 is 1.79 bits per heavy atom. The first kappa shape index (κ1) is 20.3. The molecule has 2 aromatic carbocycles. The molecule has 0 spiro atoms. The number of aryl methyl sites for hydroxylation is 1. The van der Waals surface area contributed by atoms with Gasteiger partial charge in [-0.25, -0.2) is 13.1 Å². The molecule has 3 rings (SSSR count). The van der Waals surface area contributed by atoms with Gasteiger partial charge in [-0.3, -0.25) is 4.79 Å². The fourth-order valence-electron chi connectivity index (χ4n) is 3.41. The van der Waals surface area contributed by atoms with Crippen molar-refractivity contribution in [2.75, 3.05) is 50.0 Å². The molecule has 150 valence electrons. The second kappa shape index (κ2) is 8.72. The number of para-hydroxylation sites is 1. The van der Waals surface area contributed by atoms with Crippen molar-refractivity contribution in [1.29, 1.82) is 0 Å². The molecule has 0 radical (unpaired) electrons. The van der Waals surface area contributed by atoms with Crippen LogP contribution in [-0.2, 0) is 14.8 Å². The molecule has 28 heavy (non-hydrogen) atoms. The third kappa shape index (κ3) is 4.89. The topological polar surface area (TPSA) is 83.0 Å². The van der Waals surface area contributed by atoms with Gasteiger partial charge in [0.2, 0.25) is 10.0 Å². The van der Waals surface area contributed by atoms with Crippen LogP contribution in [0.15, 0.2) is 53.4 Å². The first-order valence-corrected chi connectivity index (χ1v) is 10.8. The fourth-order valence-corrected chi connectivity index (χ4v) is 4.40. The number of hydrogen-bond donors (Lipinski definition) is 3. The van der Waals surface area contributed by atoms with Gasteiger partial charge in [0.25, 0.3) is 5.91 Å². The summed E-state index contributed by atoms with van der Waals surface area (Å²) in [6.07, 6.45) is 0. The average molecular weight is 404 g/mol. The highest BCUT2D eigenvalue weighted by Crippen LogP contribution is 2.19. The van der Waals surface area contributed by atoms with Gasteiger partial charge in [0.15, 0.2) is 6.54 Å². The normalized spacial score (nSPS) is 15.4. The molecule has 1 aliphatic heterocycles. The van der Waals surface area contributed by atoms with Gasteiger partial charge in [0.1, 0.15) is 0 Å². The number of benzene rings is 2. The molecule has 1 fully saturated rings. The van der Waals surface area contributed by atoms with Crippen molar-refractivity contribution in [3.63, 3.8) is 0 Å². The zero-order chi connectivity index (χ0) is 20.1. The van der Waals surface area contributed by atoms with Crippen LogP contribution in [0.5, 0.6) is 0 Å². The molecule has 2 aromatic rings. The number of nitrogens with one attached hydrogen (secondary N) is 3. The van der Waals surface area contributed by atoms with Crippen molar-refractivity contribution in [2.45, 2.75) is 11.8 Å². The van der Waals surface area contributed by atoms with E-state index in [4.69, 9.17) is 0 Å². The van der Waals surface area contributed by atoms with E-state index in [1.54, 1.807) is 19.1 Å². The maximum atomic E-state index is 12.4. The standard InChI is InChI=1S/C20H26N4O3S/c1-16-8-9-17(14-19(16)28(26,27)21-2)22-20(25)15-23-10-12-24(13-11-23)18-6-4-3-5-7-18/h3-9,14,21H,10-13,15H2,1-2H3,(H,22,25)/p+1. The lowest BCUT2D eigenvalue weighted by molar-refractivity contribution is -0.892. The largest absolute Gasteiger partial charge is 0.360 e. The number of carbonyl (C=O) groups excluding carboxylic acids is 1. The van der Waals surface area contributed by atoms with E-state index in [0.29, 0.717) is 17.8 Å². The van der Waals surface area contributed by atoms with Crippen LogP contribution >= 0.6 is 0 Å². The van der Waals surface area contributed by atoms with Crippen LogP contribution in [0.4, 0.5) is 11.4 Å². The lowest BCUT2D eigenvalue weighted by Crippen LogP contribution is -3.15. The summed E-state index contributed by atoms with van der Waals surface area (Å²) >= 11 is 0. The summed E-state index contributed by atoms with van der Waals surface area (Å²) in [5, 5.41) is 2.83. The number of carbonyl (C=O) groups is 1. The first-order chi connectivity index (χ1) is 13.4. The highest BCUT2D eigenvalue weighted by molar-refractivity contribution is 7.89. The monoisotopic (exact) mass is 403 g/mol. The minimum absolute atomic E-state index is 0.111. The van der Waals surface area contributed by atoms with Crippen molar-refractivity contribution < 1.29 is 18.1 Å². The van der Waals surface area contributed by atoms with Crippen LogP contribution in [0.3, 0.4) is 0 Å². The molecule has 1 saturated heterocycles. The second-order valence-electron chi connectivity index (χ2n) is 6.99. The predicted molar refractivity (Wildman–Crippen MR) is 110 cm³/mol. The van der Waals surface area contributed by atoms with E-state index in [0.717, 1.165) is 26.2 Å². The summed E-state index contributed by atoms with van der Waals surface area (Å²) in [4.78, 5) is 16.2. The fraction of sp³-hybridized carbons (Fsp3) is 0.350. The Balaban J connectivity index is 1.56. The van der Waals surface area contributed by atoms with Gasteiger partial charge in [-0.05, 0) is 43.8 Å². The molecule has 0 aliphatic carbocycles. The number of nitrogens with zero attached hydrogens (tertiary/aromatic N) is 1. The maximum absolute atomic E-state index is 12.4. The van der Waals surface area contributed by atoms with Crippen LogP contribution < -0.4 is 19.8 Å². The van der Waals surface area contributed by atoms with Crippen molar-refractivity contribution in [1.82, 2.24) is 4.72 Å². The molecule has 8 heteroatoms. The van der Waals surface area contributed by atoms with Crippen LogP contribution in [0, 0.1) is 6.92 Å². The van der Waals surface area contributed by atoms with Crippen LogP contribution in [0.1, 0.15) is 5.56 Å². The lowest BCUT2D eigenvalue weighted by atomic mass is 10.2. The molecule has 0 atom stereocenters. The predicted octanol–water partition coefficient (Wildman–Crippen LogP) is 0.247. The quantitative estimate of drug-likeness (QED) is 0.646. The number of sulfonamides is 1. The molecule has 0 unspecified atom stereocenters. The number of hydrogen-bond acceptors (Lipinski definition) is 4. The van der Waals surface area contributed by atoms with Gasteiger partial charge in [0.05, 0.1) is 31.1 Å².